The summed E-state index contributed by atoms with van der Waals surface area (Å²) in [5.41, 5.74) is 0. The molecule has 1 heterocycles. The number of hydrogen-bond donors (Lipinski definition) is 0. The summed E-state index contributed by atoms with van der Waals surface area (Å²) in [7, 11) is 0. The lowest BCUT2D eigenvalue weighted by atomic mass is 9.95. The lowest BCUT2D eigenvalue weighted by Crippen LogP contribution is -2.17. The third kappa shape index (κ3) is 9.49. The number of aldehydes is 1. The van der Waals surface area contributed by atoms with Gasteiger partial charge in [0.2, 0.25) is 0 Å². The van der Waals surface area contributed by atoms with Gasteiger partial charge in [-0.15, -0.1) is 0 Å². The predicted molar refractivity (Wildman–Crippen MR) is 98.8 cm³/mol. The Bertz CT molecular complexity index is 277. The van der Waals surface area contributed by atoms with E-state index in [1.807, 2.05) is 0 Å². The van der Waals surface area contributed by atoms with Crippen LogP contribution in [-0.2, 0) is 9.53 Å². The maximum absolute atomic E-state index is 11.3. The summed E-state index contributed by atoms with van der Waals surface area (Å²) in [6, 6.07) is 0. The zero-order valence-corrected chi connectivity index (χ0v) is 15.7. The van der Waals surface area contributed by atoms with Crippen molar-refractivity contribution in [2.75, 3.05) is 0 Å². The zero-order chi connectivity index (χ0) is 16.8. The standard InChI is InChI=1S/C21H40O2/c1-3-5-7-8-9-10-11-12-14-16-21-19(18-22)17-20(23-21)15-13-6-4-2/h18-21H,3-17H2,1-2H3/t19-,20-,21-/m0/s1. The highest BCUT2D eigenvalue weighted by Gasteiger charge is 2.33. The van der Waals surface area contributed by atoms with Crippen molar-refractivity contribution >= 4 is 6.29 Å². The van der Waals surface area contributed by atoms with Crippen molar-refractivity contribution in [3.05, 3.63) is 0 Å². The lowest BCUT2D eigenvalue weighted by Gasteiger charge is -2.15. The minimum atomic E-state index is 0.163. The van der Waals surface area contributed by atoms with Crippen molar-refractivity contribution in [2.45, 2.75) is 122 Å². The summed E-state index contributed by atoms with van der Waals surface area (Å²) in [5, 5.41) is 0. The number of carbonyl (C=O) groups is 1. The molecule has 0 saturated carbocycles. The first-order chi connectivity index (χ1) is 11.3. The van der Waals surface area contributed by atoms with Crippen LogP contribution in [0.15, 0.2) is 0 Å². The minimum Gasteiger partial charge on any atom is -0.374 e. The summed E-state index contributed by atoms with van der Waals surface area (Å²) in [6.07, 6.45) is 20.9. The van der Waals surface area contributed by atoms with Crippen molar-refractivity contribution in [3.8, 4) is 0 Å². The van der Waals surface area contributed by atoms with E-state index in [1.165, 1.54) is 77.0 Å². The molecule has 1 rings (SSSR count). The predicted octanol–water partition coefficient (Wildman–Crippen LogP) is 6.46. The highest BCUT2D eigenvalue weighted by Crippen LogP contribution is 2.31. The molecule has 2 nitrogen and oxygen atoms in total. The monoisotopic (exact) mass is 324 g/mol. The van der Waals surface area contributed by atoms with Gasteiger partial charge in [-0.3, -0.25) is 0 Å². The molecular weight excluding hydrogens is 284 g/mol. The van der Waals surface area contributed by atoms with Crippen LogP contribution in [-0.4, -0.2) is 18.5 Å². The van der Waals surface area contributed by atoms with E-state index in [4.69, 9.17) is 4.74 Å². The minimum absolute atomic E-state index is 0.163. The van der Waals surface area contributed by atoms with Crippen LogP contribution in [0.4, 0.5) is 0 Å². The highest BCUT2D eigenvalue weighted by molar-refractivity contribution is 5.55. The lowest BCUT2D eigenvalue weighted by molar-refractivity contribution is -0.112. The second-order valence-electron chi connectivity index (χ2n) is 7.45. The fraction of sp³-hybridized carbons (Fsp3) is 0.952. The van der Waals surface area contributed by atoms with Gasteiger partial charge in [0.15, 0.2) is 0 Å². The van der Waals surface area contributed by atoms with Gasteiger partial charge in [-0.2, -0.15) is 0 Å². The second kappa shape index (κ2) is 14.0. The van der Waals surface area contributed by atoms with Crippen LogP contribution in [0.1, 0.15) is 110 Å². The van der Waals surface area contributed by atoms with Crippen LogP contribution in [0.3, 0.4) is 0 Å². The van der Waals surface area contributed by atoms with E-state index in [9.17, 15) is 4.79 Å². The van der Waals surface area contributed by atoms with Crippen LogP contribution in [0.5, 0.6) is 0 Å². The Hall–Kier alpha value is -0.370. The largest absolute Gasteiger partial charge is 0.374 e. The van der Waals surface area contributed by atoms with Crippen LogP contribution in [0.25, 0.3) is 0 Å². The molecule has 23 heavy (non-hydrogen) atoms. The smallest absolute Gasteiger partial charge is 0.125 e. The SMILES string of the molecule is CCCCCCCCCCC[C@@H]1O[C@@H](CCCCC)C[C@H]1C=O. The Morgan fingerprint density at radius 1 is 0.783 bits per heavy atom. The summed E-state index contributed by atoms with van der Waals surface area (Å²) in [4.78, 5) is 11.3. The molecule has 0 unspecified atom stereocenters. The molecule has 0 aromatic carbocycles. The molecular formula is C21H40O2. The van der Waals surface area contributed by atoms with Gasteiger partial charge in [-0.25, -0.2) is 0 Å². The normalized spacial score (nSPS) is 24.2. The first kappa shape index (κ1) is 20.7. The maximum Gasteiger partial charge on any atom is 0.125 e. The molecule has 0 N–H and O–H groups in total. The van der Waals surface area contributed by atoms with Crippen LogP contribution < -0.4 is 0 Å². The second-order valence-corrected chi connectivity index (χ2v) is 7.45. The number of hydrogen-bond acceptors (Lipinski definition) is 2. The molecule has 2 heteroatoms. The fourth-order valence-electron chi connectivity index (χ4n) is 3.75. The Labute approximate surface area is 144 Å². The van der Waals surface area contributed by atoms with Gasteiger partial charge in [0, 0.05) is 5.92 Å². The summed E-state index contributed by atoms with van der Waals surface area (Å²) in [5.74, 6) is 0.163. The first-order valence-corrected chi connectivity index (χ1v) is 10.4. The van der Waals surface area contributed by atoms with Gasteiger partial charge in [0.1, 0.15) is 6.29 Å². The Morgan fingerprint density at radius 3 is 1.91 bits per heavy atom. The van der Waals surface area contributed by atoms with E-state index >= 15 is 0 Å². The van der Waals surface area contributed by atoms with Crippen molar-refractivity contribution in [1.29, 1.82) is 0 Å². The van der Waals surface area contributed by atoms with E-state index in [1.54, 1.807) is 0 Å². The Morgan fingerprint density at radius 2 is 1.30 bits per heavy atom. The van der Waals surface area contributed by atoms with E-state index in [2.05, 4.69) is 13.8 Å². The van der Waals surface area contributed by atoms with Crippen molar-refractivity contribution < 1.29 is 9.53 Å². The highest BCUT2D eigenvalue weighted by atomic mass is 16.5. The molecule has 0 amide bonds. The Kier molecular flexibility index (Phi) is 12.6. The van der Waals surface area contributed by atoms with E-state index < -0.39 is 0 Å². The molecule has 0 aliphatic carbocycles. The van der Waals surface area contributed by atoms with Crippen molar-refractivity contribution in [1.82, 2.24) is 0 Å². The molecule has 136 valence electrons. The average molecular weight is 325 g/mol. The van der Waals surface area contributed by atoms with Gasteiger partial charge in [-0.1, -0.05) is 90.9 Å². The number of ether oxygens (including phenoxy) is 1. The Balaban J connectivity index is 2.03. The molecule has 0 radical (unpaired) electrons. The van der Waals surface area contributed by atoms with Gasteiger partial charge in [-0.05, 0) is 19.3 Å². The first-order valence-electron chi connectivity index (χ1n) is 10.4. The van der Waals surface area contributed by atoms with E-state index in [-0.39, 0.29) is 12.0 Å². The molecule has 1 fully saturated rings. The third-order valence-corrected chi connectivity index (χ3v) is 5.28. The van der Waals surface area contributed by atoms with Crippen LogP contribution >= 0.6 is 0 Å². The molecule has 0 spiro atoms. The van der Waals surface area contributed by atoms with Crippen LogP contribution in [0.2, 0.25) is 0 Å². The van der Waals surface area contributed by atoms with Crippen LogP contribution in [0, 0.1) is 5.92 Å². The molecule has 3 atom stereocenters. The van der Waals surface area contributed by atoms with Gasteiger partial charge >= 0.3 is 0 Å². The fourth-order valence-corrected chi connectivity index (χ4v) is 3.75. The summed E-state index contributed by atoms with van der Waals surface area (Å²) in [6.45, 7) is 4.50. The van der Waals surface area contributed by atoms with E-state index in [0.717, 1.165) is 25.5 Å². The number of unbranched alkanes of at least 4 members (excludes halogenated alkanes) is 10. The number of carbonyl (C=O) groups excluding carboxylic acids is 1. The zero-order valence-electron chi connectivity index (χ0n) is 15.7. The van der Waals surface area contributed by atoms with Crippen molar-refractivity contribution in [3.63, 3.8) is 0 Å². The van der Waals surface area contributed by atoms with E-state index in [0.29, 0.717) is 6.10 Å². The van der Waals surface area contributed by atoms with Gasteiger partial charge < -0.3 is 9.53 Å². The third-order valence-electron chi connectivity index (χ3n) is 5.28. The maximum atomic E-state index is 11.3. The summed E-state index contributed by atoms with van der Waals surface area (Å²) >= 11 is 0. The van der Waals surface area contributed by atoms with Gasteiger partial charge in [0.25, 0.3) is 0 Å². The quantitative estimate of drug-likeness (QED) is 0.255. The molecule has 0 bridgehead atoms. The average Bonchev–Trinajstić information content (AvgIpc) is 2.96. The molecule has 0 aromatic rings. The van der Waals surface area contributed by atoms with Gasteiger partial charge in [0.05, 0.1) is 12.2 Å². The summed E-state index contributed by atoms with van der Waals surface area (Å²) < 4.78 is 6.15. The molecule has 1 aliphatic heterocycles. The molecule has 0 aromatic heterocycles. The van der Waals surface area contributed by atoms with Crippen molar-refractivity contribution in [2.24, 2.45) is 5.92 Å². The number of rotatable bonds is 15. The molecule has 1 saturated heterocycles. The topological polar surface area (TPSA) is 26.3 Å². The molecule has 1 aliphatic rings.